The summed E-state index contributed by atoms with van der Waals surface area (Å²) in [6.07, 6.45) is 1.75. The van der Waals surface area contributed by atoms with Crippen molar-refractivity contribution in [2.24, 2.45) is 11.8 Å². The van der Waals surface area contributed by atoms with Gasteiger partial charge in [-0.25, -0.2) is 0 Å². The van der Waals surface area contributed by atoms with Crippen molar-refractivity contribution in [1.29, 1.82) is 0 Å². The molecule has 0 unspecified atom stereocenters. The van der Waals surface area contributed by atoms with Crippen LogP contribution < -0.4 is 5.32 Å². The van der Waals surface area contributed by atoms with E-state index in [1.165, 1.54) is 0 Å². The Hall–Kier alpha value is -2.30. The molecule has 0 aliphatic carbocycles. The molecule has 1 aromatic heterocycles. The number of para-hydroxylation sites is 1. The number of nitrogens with one attached hydrogen (secondary N) is 2. The predicted molar refractivity (Wildman–Crippen MR) is 85.5 cm³/mol. The molecule has 0 saturated carbocycles. The number of likely N-dealkylation sites (tertiary alicyclic amines) is 1. The van der Waals surface area contributed by atoms with Crippen LogP contribution in [0.3, 0.4) is 0 Å². The highest BCUT2D eigenvalue weighted by Gasteiger charge is 2.36. The normalized spacial score (nSPS) is 15.1. The number of aromatic amines is 1. The maximum atomic E-state index is 12.5. The van der Waals surface area contributed by atoms with E-state index in [2.05, 4.69) is 24.1 Å². The van der Waals surface area contributed by atoms with Gasteiger partial charge in [0.15, 0.2) is 0 Å². The first-order valence-electron chi connectivity index (χ1n) is 7.69. The molecular formula is C17H21N3O2. The Balaban J connectivity index is 1.61. The summed E-state index contributed by atoms with van der Waals surface area (Å²) in [6.45, 7) is 5.82. The Bertz CT molecular complexity index is 699. The molecule has 0 spiro atoms. The third-order valence-electron chi connectivity index (χ3n) is 4.04. The van der Waals surface area contributed by atoms with Crippen molar-refractivity contribution in [3.05, 3.63) is 36.0 Å². The topological polar surface area (TPSA) is 65.2 Å². The van der Waals surface area contributed by atoms with Crippen LogP contribution in [0.15, 0.2) is 30.5 Å². The Morgan fingerprint density at radius 1 is 1.32 bits per heavy atom. The maximum Gasteiger partial charge on any atom is 0.256 e. The summed E-state index contributed by atoms with van der Waals surface area (Å²) < 4.78 is 0. The summed E-state index contributed by atoms with van der Waals surface area (Å²) in [5.74, 6) is 0.405. The number of rotatable bonds is 4. The molecule has 116 valence electrons. The number of hydrogen-bond acceptors (Lipinski definition) is 2. The largest absolute Gasteiger partial charge is 0.360 e. The molecule has 22 heavy (non-hydrogen) atoms. The zero-order chi connectivity index (χ0) is 15.7. The average Bonchev–Trinajstić information content (AvgIpc) is 2.87. The third kappa shape index (κ3) is 2.71. The molecule has 5 heteroatoms. The van der Waals surface area contributed by atoms with Gasteiger partial charge in [0.1, 0.15) is 0 Å². The van der Waals surface area contributed by atoms with Gasteiger partial charge < -0.3 is 15.2 Å². The van der Waals surface area contributed by atoms with E-state index in [0.29, 0.717) is 31.1 Å². The lowest BCUT2D eigenvalue weighted by Gasteiger charge is -2.38. The fourth-order valence-electron chi connectivity index (χ4n) is 2.68. The number of hydrogen-bond donors (Lipinski definition) is 2. The van der Waals surface area contributed by atoms with Crippen molar-refractivity contribution in [3.63, 3.8) is 0 Å². The number of carbonyl (C=O) groups is 2. The monoisotopic (exact) mass is 299 g/mol. The summed E-state index contributed by atoms with van der Waals surface area (Å²) in [4.78, 5) is 29.3. The van der Waals surface area contributed by atoms with E-state index in [9.17, 15) is 9.59 Å². The minimum absolute atomic E-state index is 0.00893. The van der Waals surface area contributed by atoms with Crippen LogP contribution in [0.25, 0.3) is 10.9 Å². The number of amides is 2. The predicted octanol–water partition coefficient (Wildman–Crippen LogP) is 2.01. The van der Waals surface area contributed by atoms with Crippen LogP contribution in [0.1, 0.15) is 24.2 Å². The van der Waals surface area contributed by atoms with Crippen molar-refractivity contribution in [2.75, 3.05) is 19.6 Å². The number of H-pyrrole nitrogens is 1. The zero-order valence-electron chi connectivity index (χ0n) is 12.9. The molecule has 5 nitrogen and oxygen atoms in total. The fraction of sp³-hybridized carbons (Fsp3) is 0.412. The molecule has 1 aliphatic heterocycles. The molecule has 1 saturated heterocycles. The van der Waals surface area contributed by atoms with Crippen LogP contribution >= 0.6 is 0 Å². The van der Waals surface area contributed by atoms with Gasteiger partial charge in [-0.1, -0.05) is 32.0 Å². The smallest absolute Gasteiger partial charge is 0.256 e. The van der Waals surface area contributed by atoms with E-state index in [1.807, 2.05) is 24.3 Å². The lowest BCUT2D eigenvalue weighted by atomic mass is 9.97. The van der Waals surface area contributed by atoms with Crippen LogP contribution in [-0.2, 0) is 4.79 Å². The summed E-state index contributed by atoms with van der Waals surface area (Å²) in [5, 5.41) is 3.86. The first-order valence-corrected chi connectivity index (χ1v) is 7.69. The number of aromatic nitrogens is 1. The Labute approximate surface area is 129 Å². The lowest BCUT2D eigenvalue weighted by Crippen LogP contribution is -2.56. The van der Waals surface area contributed by atoms with Crippen LogP contribution in [0.4, 0.5) is 0 Å². The van der Waals surface area contributed by atoms with Gasteiger partial charge in [0.2, 0.25) is 5.91 Å². The molecule has 1 aliphatic rings. The van der Waals surface area contributed by atoms with E-state index in [1.54, 1.807) is 11.1 Å². The van der Waals surface area contributed by atoms with Gasteiger partial charge in [0, 0.05) is 36.7 Å². The first kappa shape index (κ1) is 14.6. The maximum absolute atomic E-state index is 12.5. The SMILES string of the molecule is CC(C)CNC(=O)C1CN(C(=O)c2c[nH]c3ccccc23)C1. The van der Waals surface area contributed by atoms with Crippen LogP contribution in [0.2, 0.25) is 0 Å². The van der Waals surface area contributed by atoms with E-state index < -0.39 is 0 Å². The summed E-state index contributed by atoms with van der Waals surface area (Å²) in [6, 6.07) is 7.74. The van der Waals surface area contributed by atoms with E-state index >= 15 is 0 Å². The molecule has 0 atom stereocenters. The van der Waals surface area contributed by atoms with Gasteiger partial charge in [-0.3, -0.25) is 9.59 Å². The quantitative estimate of drug-likeness (QED) is 0.907. The van der Waals surface area contributed by atoms with Crippen LogP contribution in [-0.4, -0.2) is 41.3 Å². The minimum atomic E-state index is -0.0760. The highest BCUT2D eigenvalue weighted by Crippen LogP contribution is 2.24. The first-order chi connectivity index (χ1) is 10.6. The second-order valence-corrected chi connectivity index (χ2v) is 6.29. The summed E-state index contributed by atoms with van der Waals surface area (Å²) >= 11 is 0. The highest BCUT2D eigenvalue weighted by molar-refractivity contribution is 6.07. The molecule has 2 amide bonds. The van der Waals surface area contributed by atoms with Gasteiger partial charge in [-0.2, -0.15) is 0 Å². The van der Waals surface area contributed by atoms with Crippen LogP contribution in [0, 0.1) is 11.8 Å². The second kappa shape index (κ2) is 5.83. The Morgan fingerprint density at radius 3 is 2.77 bits per heavy atom. The number of nitrogens with zero attached hydrogens (tertiary/aromatic N) is 1. The van der Waals surface area contributed by atoms with Gasteiger partial charge in [0.05, 0.1) is 11.5 Å². The van der Waals surface area contributed by atoms with Crippen molar-refractivity contribution in [2.45, 2.75) is 13.8 Å². The molecule has 2 N–H and O–H groups in total. The summed E-state index contributed by atoms with van der Waals surface area (Å²) in [5.41, 5.74) is 1.63. The van der Waals surface area contributed by atoms with E-state index in [0.717, 1.165) is 10.9 Å². The molecule has 3 rings (SSSR count). The molecular weight excluding hydrogens is 278 g/mol. The van der Waals surface area contributed by atoms with Gasteiger partial charge in [-0.15, -0.1) is 0 Å². The van der Waals surface area contributed by atoms with Crippen molar-refractivity contribution < 1.29 is 9.59 Å². The van der Waals surface area contributed by atoms with Crippen molar-refractivity contribution >= 4 is 22.7 Å². The highest BCUT2D eigenvalue weighted by atomic mass is 16.2. The van der Waals surface area contributed by atoms with Gasteiger partial charge in [0.25, 0.3) is 5.91 Å². The molecule has 0 radical (unpaired) electrons. The zero-order valence-corrected chi connectivity index (χ0v) is 12.9. The Morgan fingerprint density at radius 2 is 2.05 bits per heavy atom. The molecule has 0 bridgehead atoms. The van der Waals surface area contributed by atoms with Crippen molar-refractivity contribution in [3.8, 4) is 0 Å². The molecule has 1 aromatic carbocycles. The number of fused-ring (bicyclic) bond motifs is 1. The Kier molecular flexibility index (Phi) is 3.88. The number of benzene rings is 1. The van der Waals surface area contributed by atoms with E-state index in [-0.39, 0.29) is 17.7 Å². The lowest BCUT2D eigenvalue weighted by molar-refractivity contribution is -0.129. The summed E-state index contributed by atoms with van der Waals surface area (Å²) in [7, 11) is 0. The van der Waals surface area contributed by atoms with Gasteiger partial charge in [-0.05, 0) is 12.0 Å². The molecule has 1 fully saturated rings. The number of carbonyl (C=O) groups excluding carboxylic acids is 2. The van der Waals surface area contributed by atoms with E-state index in [4.69, 9.17) is 0 Å². The molecule has 2 aromatic rings. The van der Waals surface area contributed by atoms with Crippen LogP contribution in [0.5, 0.6) is 0 Å². The second-order valence-electron chi connectivity index (χ2n) is 6.29. The van der Waals surface area contributed by atoms with Gasteiger partial charge >= 0.3 is 0 Å². The standard InChI is InChI=1S/C17H21N3O2/c1-11(2)7-19-16(21)12-9-20(10-12)17(22)14-8-18-15-6-4-3-5-13(14)15/h3-6,8,11-12,18H,7,9-10H2,1-2H3,(H,19,21). The third-order valence-corrected chi connectivity index (χ3v) is 4.04. The minimum Gasteiger partial charge on any atom is -0.360 e. The van der Waals surface area contributed by atoms with Crippen molar-refractivity contribution in [1.82, 2.24) is 15.2 Å². The average molecular weight is 299 g/mol. The fourth-order valence-corrected chi connectivity index (χ4v) is 2.68. The molecule has 2 heterocycles.